The quantitative estimate of drug-likeness (QED) is 0.501. The zero-order chi connectivity index (χ0) is 9.56. The first kappa shape index (κ1) is 11.2. The molecule has 0 aliphatic carbocycles. The van der Waals surface area contributed by atoms with Crippen LogP contribution in [0.15, 0.2) is 23.7 Å². The molecule has 0 heterocycles. The summed E-state index contributed by atoms with van der Waals surface area (Å²) < 4.78 is 20.8. The van der Waals surface area contributed by atoms with E-state index in [4.69, 9.17) is 9.05 Å². The Morgan fingerprint density at radius 1 is 1.08 bits per heavy atom. The summed E-state index contributed by atoms with van der Waals surface area (Å²) >= 11 is 0. The van der Waals surface area contributed by atoms with Crippen LogP contribution in [0.1, 0.15) is 27.7 Å². The van der Waals surface area contributed by atoms with Crippen molar-refractivity contribution in [3.63, 3.8) is 0 Å². The van der Waals surface area contributed by atoms with Crippen LogP contribution in [0.4, 0.5) is 0 Å². The third-order valence-electron chi connectivity index (χ3n) is 1.25. The lowest BCUT2D eigenvalue weighted by Gasteiger charge is -1.90. The van der Waals surface area contributed by atoms with Gasteiger partial charge in [-0.25, -0.2) is 9.05 Å². The molecule has 0 atom stereocenters. The predicted molar refractivity (Wildman–Crippen MR) is 48.6 cm³/mol. The molecule has 0 aromatic rings. The average molecular weight is 189 g/mol. The fourth-order valence-electron chi connectivity index (χ4n) is 0.359. The molecule has 0 rings (SSSR count). The summed E-state index contributed by atoms with van der Waals surface area (Å²) in [6, 6.07) is 0. The first-order chi connectivity index (χ1) is 5.60. The second-order valence-corrected chi connectivity index (χ2v) is 3.02. The summed E-state index contributed by atoms with van der Waals surface area (Å²) in [7, 11) is -2.06. The topological polar surface area (TPSA) is 35.5 Å². The van der Waals surface area contributed by atoms with Crippen molar-refractivity contribution in [2.24, 2.45) is 0 Å². The maximum absolute atomic E-state index is 11.0. The number of allylic oxidation sites excluding steroid dienone is 4. The van der Waals surface area contributed by atoms with E-state index in [1.54, 1.807) is 39.8 Å². The highest BCUT2D eigenvalue weighted by atomic mass is 31.1. The summed E-state index contributed by atoms with van der Waals surface area (Å²) in [6.07, 6.45) is 3.45. The lowest BCUT2D eigenvalue weighted by atomic mass is 10.5. The van der Waals surface area contributed by atoms with Crippen LogP contribution in [0.2, 0.25) is 0 Å². The standard InChI is InChI=1S/C8H14O3P/c1-5-7(3)10-12(9)11-8(4)6-2/h5-6H,1-4H3/q+1. The molecule has 0 aliphatic heterocycles. The molecule has 4 heteroatoms. The fraction of sp³-hybridized carbons (Fsp3) is 0.500. The van der Waals surface area contributed by atoms with Crippen LogP contribution >= 0.6 is 8.25 Å². The molecule has 0 N–H and O–H groups in total. The first-order valence-electron chi connectivity index (χ1n) is 3.69. The van der Waals surface area contributed by atoms with Crippen molar-refractivity contribution in [1.82, 2.24) is 0 Å². The molecule has 0 fully saturated rings. The third-order valence-corrected chi connectivity index (χ3v) is 2.12. The van der Waals surface area contributed by atoms with E-state index in [0.29, 0.717) is 11.5 Å². The summed E-state index contributed by atoms with van der Waals surface area (Å²) in [4.78, 5) is 0. The Kier molecular flexibility index (Phi) is 5.39. The van der Waals surface area contributed by atoms with Crippen LogP contribution in [0.25, 0.3) is 0 Å². The second-order valence-electron chi connectivity index (χ2n) is 2.20. The van der Waals surface area contributed by atoms with Crippen molar-refractivity contribution < 1.29 is 13.6 Å². The molecule has 0 aliphatic rings. The van der Waals surface area contributed by atoms with Gasteiger partial charge in [0.05, 0.1) is 0 Å². The van der Waals surface area contributed by atoms with Crippen LogP contribution in [0, 0.1) is 0 Å². The van der Waals surface area contributed by atoms with E-state index < -0.39 is 8.25 Å². The van der Waals surface area contributed by atoms with Crippen LogP contribution in [-0.4, -0.2) is 0 Å². The molecule has 0 unspecified atom stereocenters. The van der Waals surface area contributed by atoms with Crippen molar-refractivity contribution in [1.29, 1.82) is 0 Å². The van der Waals surface area contributed by atoms with Gasteiger partial charge in [0.25, 0.3) is 0 Å². The van der Waals surface area contributed by atoms with Crippen LogP contribution in [0.3, 0.4) is 0 Å². The highest BCUT2D eigenvalue weighted by molar-refractivity contribution is 7.33. The lowest BCUT2D eigenvalue weighted by Crippen LogP contribution is -1.81. The van der Waals surface area contributed by atoms with E-state index in [9.17, 15) is 4.57 Å². The molecule has 0 spiro atoms. The number of hydrogen-bond acceptors (Lipinski definition) is 3. The van der Waals surface area contributed by atoms with E-state index in [2.05, 4.69) is 0 Å². The van der Waals surface area contributed by atoms with E-state index in [0.717, 1.165) is 0 Å². The fourth-order valence-corrected chi connectivity index (χ4v) is 1.08. The van der Waals surface area contributed by atoms with Gasteiger partial charge < -0.3 is 0 Å². The number of hydrogen-bond donors (Lipinski definition) is 0. The maximum atomic E-state index is 11.0. The SMILES string of the molecule is CC=C(C)O[P+](=O)OC(C)=CC. The van der Waals surface area contributed by atoms with Crippen molar-refractivity contribution >= 4 is 8.25 Å². The van der Waals surface area contributed by atoms with Crippen molar-refractivity contribution in [3.8, 4) is 0 Å². The lowest BCUT2D eigenvalue weighted by molar-refractivity contribution is 0.316. The highest BCUT2D eigenvalue weighted by Crippen LogP contribution is 2.30. The van der Waals surface area contributed by atoms with Crippen LogP contribution in [0.5, 0.6) is 0 Å². The Bertz CT molecular complexity index is 196. The smallest absolute Gasteiger partial charge is 0.227 e. The van der Waals surface area contributed by atoms with Gasteiger partial charge in [0.15, 0.2) is 11.5 Å². The number of rotatable bonds is 4. The summed E-state index contributed by atoms with van der Waals surface area (Å²) in [5, 5.41) is 0. The van der Waals surface area contributed by atoms with Gasteiger partial charge in [-0.05, 0) is 39.8 Å². The minimum Gasteiger partial charge on any atom is -0.227 e. The van der Waals surface area contributed by atoms with E-state index >= 15 is 0 Å². The van der Waals surface area contributed by atoms with Gasteiger partial charge in [-0.15, -0.1) is 0 Å². The molecule has 12 heavy (non-hydrogen) atoms. The third kappa shape index (κ3) is 4.91. The Morgan fingerprint density at radius 2 is 1.42 bits per heavy atom. The van der Waals surface area contributed by atoms with Crippen LogP contribution < -0.4 is 0 Å². The van der Waals surface area contributed by atoms with Crippen molar-refractivity contribution in [2.45, 2.75) is 27.7 Å². The monoisotopic (exact) mass is 189 g/mol. The highest BCUT2D eigenvalue weighted by Gasteiger charge is 2.22. The summed E-state index contributed by atoms with van der Waals surface area (Å²) in [6.45, 7) is 7.06. The maximum Gasteiger partial charge on any atom is 0.804 e. The van der Waals surface area contributed by atoms with Crippen molar-refractivity contribution in [3.05, 3.63) is 23.7 Å². The van der Waals surface area contributed by atoms with Gasteiger partial charge in [-0.2, -0.15) is 0 Å². The molecule has 68 valence electrons. The molecular weight excluding hydrogens is 175 g/mol. The minimum absolute atomic E-state index is 0.597. The van der Waals surface area contributed by atoms with Gasteiger partial charge in [0.1, 0.15) is 0 Å². The normalized spacial score (nSPS) is 14.2. The van der Waals surface area contributed by atoms with E-state index in [1.165, 1.54) is 0 Å². The predicted octanol–water partition coefficient (Wildman–Crippen LogP) is 3.52. The summed E-state index contributed by atoms with van der Waals surface area (Å²) in [5.41, 5.74) is 0. The molecule has 0 amide bonds. The van der Waals surface area contributed by atoms with Gasteiger partial charge in [0.2, 0.25) is 0 Å². The molecule has 0 aromatic heterocycles. The van der Waals surface area contributed by atoms with Crippen LogP contribution in [-0.2, 0) is 13.6 Å². The molecule has 0 radical (unpaired) electrons. The zero-order valence-corrected chi connectivity index (χ0v) is 8.72. The van der Waals surface area contributed by atoms with Crippen molar-refractivity contribution in [2.75, 3.05) is 0 Å². The Morgan fingerprint density at radius 3 is 1.67 bits per heavy atom. The molecule has 0 saturated carbocycles. The Balaban J connectivity index is 3.91. The van der Waals surface area contributed by atoms with Gasteiger partial charge >= 0.3 is 8.25 Å². The molecule has 3 nitrogen and oxygen atoms in total. The zero-order valence-electron chi connectivity index (χ0n) is 7.83. The largest absolute Gasteiger partial charge is 0.804 e. The molecular formula is C8H14O3P+. The average Bonchev–Trinajstić information content (AvgIpc) is 2.03. The Labute approximate surface area is 74.0 Å². The minimum atomic E-state index is -2.06. The first-order valence-corrected chi connectivity index (χ1v) is 4.78. The van der Waals surface area contributed by atoms with Gasteiger partial charge in [-0.1, -0.05) is 0 Å². The van der Waals surface area contributed by atoms with E-state index in [1.807, 2.05) is 0 Å². The summed E-state index contributed by atoms with van der Waals surface area (Å²) in [5.74, 6) is 1.19. The van der Waals surface area contributed by atoms with E-state index in [-0.39, 0.29) is 0 Å². The molecule has 0 bridgehead atoms. The molecule has 0 saturated heterocycles. The van der Waals surface area contributed by atoms with Gasteiger partial charge in [0, 0.05) is 4.57 Å². The second kappa shape index (κ2) is 5.78. The Hall–Kier alpha value is -0.820. The van der Waals surface area contributed by atoms with Gasteiger partial charge in [-0.3, -0.25) is 0 Å². The molecule has 0 aromatic carbocycles.